The lowest BCUT2D eigenvalue weighted by Gasteiger charge is -2.03. The zero-order valence-corrected chi connectivity index (χ0v) is 24.6. The Balaban J connectivity index is 1.06. The van der Waals surface area contributed by atoms with E-state index in [9.17, 15) is 0 Å². The second-order valence-electron chi connectivity index (χ2n) is 10.7. The molecule has 0 saturated carbocycles. The van der Waals surface area contributed by atoms with E-state index < -0.39 is 0 Å². The third-order valence-corrected chi connectivity index (χ3v) is 11.9. The van der Waals surface area contributed by atoms with Crippen molar-refractivity contribution in [2.24, 2.45) is 0 Å². The summed E-state index contributed by atoms with van der Waals surface area (Å²) in [5.41, 5.74) is 5.87. The van der Waals surface area contributed by atoms with E-state index in [2.05, 4.69) is 97.1 Å². The summed E-state index contributed by atoms with van der Waals surface area (Å²) in [6.45, 7) is 0. The van der Waals surface area contributed by atoms with Gasteiger partial charge in [0.25, 0.3) is 0 Å². The third-order valence-electron chi connectivity index (χ3n) is 7.88. The van der Waals surface area contributed by atoms with Gasteiger partial charge in [0.2, 0.25) is 0 Å². The van der Waals surface area contributed by atoms with Crippen LogP contribution in [0.1, 0.15) is 47.9 Å². The van der Waals surface area contributed by atoms with Crippen LogP contribution in [0.3, 0.4) is 0 Å². The molecule has 39 heavy (non-hydrogen) atoms. The maximum atomic E-state index is 2.46. The Morgan fingerprint density at radius 1 is 0.359 bits per heavy atom. The van der Waals surface area contributed by atoms with E-state index >= 15 is 0 Å². The van der Waals surface area contributed by atoms with Gasteiger partial charge in [-0.05, 0) is 85.8 Å². The fourth-order valence-electron chi connectivity index (χ4n) is 5.76. The van der Waals surface area contributed by atoms with Gasteiger partial charge >= 0.3 is 0 Å². The average molecular weight is 561 g/mol. The molecule has 0 nitrogen and oxygen atoms in total. The Hall–Kier alpha value is -2.98. The summed E-state index contributed by atoms with van der Waals surface area (Å²) in [6, 6.07) is 36.2. The van der Waals surface area contributed by atoms with Crippen LogP contribution in [0.5, 0.6) is 0 Å². The molecule has 0 N–H and O–H groups in total. The Kier molecular flexibility index (Phi) is 7.22. The number of aryl methyl sites for hydroxylation is 4. The Bertz CT molecular complexity index is 1720. The average Bonchev–Trinajstić information content (AvgIpc) is 3.62. The number of rotatable bonds is 10. The van der Waals surface area contributed by atoms with Gasteiger partial charge in [-0.3, -0.25) is 0 Å². The van der Waals surface area contributed by atoms with Crippen LogP contribution < -0.4 is 0 Å². The first-order valence-electron chi connectivity index (χ1n) is 14.2. The molecule has 0 saturated heterocycles. The number of hydrogen-bond acceptors (Lipinski definition) is 3. The summed E-state index contributed by atoms with van der Waals surface area (Å²) in [5, 5.41) is 2.89. The maximum absolute atomic E-state index is 2.46. The summed E-state index contributed by atoms with van der Waals surface area (Å²) in [7, 11) is 0. The summed E-state index contributed by atoms with van der Waals surface area (Å²) in [5.74, 6) is 0. The second kappa shape index (κ2) is 11.3. The zero-order valence-electron chi connectivity index (χ0n) is 22.1. The van der Waals surface area contributed by atoms with Crippen LogP contribution in [-0.4, -0.2) is 0 Å². The van der Waals surface area contributed by atoms with Crippen molar-refractivity contribution in [2.75, 3.05) is 0 Å². The molecule has 0 spiro atoms. The monoisotopic (exact) mass is 560 g/mol. The summed E-state index contributed by atoms with van der Waals surface area (Å²) in [4.78, 5) is 0. The zero-order chi connectivity index (χ0) is 26.0. The van der Waals surface area contributed by atoms with Crippen LogP contribution in [0.4, 0.5) is 0 Å². The molecule has 7 rings (SSSR count). The van der Waals surface area contributed by atoms with E-state index in [0.717, 1.165) is 0 Å². The van der Waals surface area contributed by atoms with Crippen molar-refractivity contribution in [1.82, 2.24) is 0 Å². The number of hydrogen-bond donors (Lipinski definition) is 0. The standard InChI is InChI=1S/C36H32S3/c1-3-11-25(12-4-1)15-7-9-17-27-19-21-29-31(23-27)37-35-33(29)39-34-30-22-20-28(24-32(30)38-36(34)35)18-10-8-16-26-13-5-2-6-14-26/h1-6,11-14,19-24H,7-10,15-18H2. The molecule has 0 unspecified atom stereocenters. The molecular formula is C36H32S3. The largest absolute Gasteiger partial charge is 0.133 e. The first-order valence-corrected chi connectivity index (χ1v) is 16.6. The molecule has 0 bridgehead atoms. The van der Waals surface area contributed by atoms with E-state index in [-0.39, 0.29) is 0 Å². The van der Waals surface area contributed by atoms with Gasteiger partial charge in [-0.2, -0.15) is 0 Å². The highest BCUT2D eigenvalue weighted by atomic mass is 32.1. The van der Waals surface area contributed by atoms with Crippen molar-refractivity contribution >= 4 is 73.0 Å². The molecule has 0 amide bonds. The van der Waals surface area contributed by atoms with Gasteiger partial charge in [-0.1, -0.05) is 84.9 Å². The Morgan fingerprint density at radius 3 is 1.21 bits per heavy atom. The van der Waals surface area contributed by atoms with Crippen LogP contribution in [0, 0.1) is 0 Å². The summed E-state index contributed by atoms with van der Waals surface area (Å²) >= 11 is 6.01. The normalized spacial score (nSPS) is 11.9. The van der Waals surface area contributed by atoms with Crippen LogP contribution in [-0.2, 0) is 25.7 Å². The van der Waals surface area contributed by atoms with Gasteiger partial charge < -0.3 is 0 Å². The Morgan fingerprint density at radius 2 is 0.769 bits per heavy atom. The molecule has 0 radical (unpaired) electrons. The predicted molar refractivity (Wildman–Crippen MR) is 176 cm³/mol. The van der Waals surface area contributed by atoms with Crippen molar-refractivity contribution in [1.29, 1.82) is 0 Å². The number of benzene rings is 4. The van der Waals surface area contributed by atoms with Crippen LogP contribution >= 0.6 is 34.0 Å². The molecule has 3 heteroatoms. The first-order chi connectivity index (χ1) is 19.3. The van der Waals surface area contributed by atoms with Crippen LogP contribution in [0.25, 0.3) is 39.0 Å². The van der Waals surface area contributed by atoms with E-state index in [1.165, 1.54) is 113 Å². The van der Waals surface area contributed by atoms with E-state index in [1.54, 1.807) is 0 Å². The minimum absolute atomic E-state index is 1.17. The van der Waals surface area contributed by atoms with Crippen molar-refractivity contribution in [3.05, 3.63) is 119 Å². The minimum Gasteiger partial charge on any atom is -0.133 e. The van der Waals surface area contributed by atoms with Crippen LogP contribution in [0.15, 0.2) is 97.1 Å². The SMILES string of the molecule is c1ccc(CCCCc2ccc3c(c2)sc2c3sc3c4ccc(CCCCc5ccccc5)cc4sc32)cc1. The number of fused-ring (bicyclic) bond motifs is 7. The van der Waals surface area contributed by atoms with Gasteiger partial charge in [0.15, 0.2) is 0 Å². The van der Waals surface area contributed by atoms with Crippen LogP contribution in [0.2, 0.25) is 0 Å². The Labute approximate surface area is 242 Å². The fraction of sp³-hybridized carbons (Fsp3) is 0.222. The lowest BCUT2D eigenvalue weighted by atomic mass is 10.0. The number of thiophene rings is 3. The molecule has 3 aromatic heterocycles. The molecule has 0 aliphatic heterocycles. The van der Waals surface area contributed by atoms with E-state index in [1.807, 2.05) is 34.0 Å². The number of unbranched alkanes of at least 4 members (excludes halogenated alkanes) is 2. The van der Waals surface area contributed by atoms with E-state index in [4.69, 9.17) is 0 Å². The molecule has 7 aromatic rings. The highest BCUT2D eigenvalue weighted by Crippen LogP contribution is 2.50. The lowest BCUT2D eigenvalue weighted by Crippen LogP contribution is -1.89. The highest BCUT2D eigenvalue weighted by molar-refractivity contribution is 7.43. The second-order valence-corrected chi connectivity index (χ2v) is 13.8. The highest BCUT2D eigenvalue weighted by Gasteiger charge is 2.17. The van der Waals surface area contributed by atoms with Gasteiger partial charge in [-0.15, -0.1) is 34.0 Å². The molecule has 4 aromatic carbocycles. The molecule has 0 aliphatic rings. The van der Waals surface area contributed by atoms with Gasteiger partial charge in [0, 0.05) is 20.2 Å². The summed E-state index contributed by atoms with van der Waals surface area (Å²) in [6.07, 6.45) is 9.68. The molecule has 0 fully saturated rings. The quantitative estimate of drug-likeness (QED) is 0.146. The smallest absolute Gasteiger partial charge is 0.0642 e. The first kappa shape index (κ1) is 25.0. The van der Waals surface area contributed by atoms with Crippen molar-refractivity contribution in [2.45, 2.75) is 51.4 Å². The molecule has 0 aliphatic carbocycles. The minimum atomic E-state index is 1.17. The van der Waals surface area contributed by atoms with Gasteiger partial charge in [0.1, 0.15) is 0 Å². The van der Waals surface area contributed by atoms with E-state index in [0.29, 0.717) is 0 Å². The van der Waals surface area contributed by atoms with Crippen molar-refractivity contribution < 1.29 is 0 Å². The molecular weight excluding hydrogens is 529 g/mol. The molecule has 0 atom stereocenters. The lowest BCUT2D eigenvalue weighted by molar-refractivity contribution is 0.735. The fourth-order valence-corrected chi connectivity index (χ4v) is 10.1. The van der Waals surface area contributed by atoms with Crippen molar-refractivity contribution in [3.8, 4) is 0 Å². The maximum Gasteiger partial charge on any atom is 0.0642 e. The molecule has 194 valence electrons. The predicted octanol–water partition coefficient (Wildman–Crippen LogP) is 11.6. The topological polar surface area (TPSA) is 0 Å². The molecule has 3 heterocycles. The third kappa shape index (κ3) is 5.28. The van der Waals surface area contributed by atoms with Gasteiger partial charge in [-0.25, -0.2) is 0 Å². The summed E-state index contributed by atoms with van der Waals surface area (Å²) < 4.78 is 8.87. The van der Waals surface area contributed by atoms with Crippen molar-refractivity contribution in [3.63, 3.8) is 0 Å². The van der Waals surface area contributed by atoms with Gasteiger partial charge in [0.05, 0.1) is 18.8 Å².